The van der Waals surface area contributed by atoms with Crippen molar-refractivity contribution in [2.75, 3.05) is 5.75 Å². The highest BCUT2D eigenvalue weighted by molar-refractivity contribution is 7.85. The predicted octanol–water partition coefficient (Wildman–Crippen LogP) is 3.57. The van der Waals surface area contributed by atoms with Crippen LogP contribution >= 0.6 is 0 Å². The van der Waals surface area contributed by atoms with Gasteiger partial charge in [-0.2, -0.15) is 8.42 Å². The zero-order valence-electron chi connectivity index (χ0n) is 10.2. The van der Waals surface area contributed by atoms with Crippen molar-refractivity contribution in [1.29, 1.82) is 0 Å². The quantitative estimate of drug-likeness (QED) is 0.365. The van der Waals surface area contributed by atoms with Crippen molar-refractivity contribution < 1.29 is 13.0 Å². The van der Waals surface area contributed by atoms with Gasteiger partial charge in [0.25, 0.3) is 10.1 Å². The van der Waals surface area contributed by atoms with Crippen molar-refractivity contribution in [2.24, 2.45) is 0 Å². The van der Waals surface area contributed by atoms with Crippen molar-refractivity contribution in [2.45, 2.75) is 58.3 Å². The minimum Gasteiger partial charge on any atom is -0.285 e. The van der Waals surface area contributed by atoms with Gasteiger partial charge in [-0.25, -0.2) is 0 Å². The van der Waals surface area contributed by atoms with E-state index in [1.807, 2.05) is 6.08 Å². The largest absolute Gasteiger partial charge is 0.285 e. The molecule has 0 aliphatic heterocycles. The standard InChI is InChI=1S/C12H24O3S/c1-2-3-4-5-6-7-8-9-10-11-12-16(13,14)15/h10-11H,2-9,12H2,1H3,(H,13,14,15). The van der Waals surface area contributed by atoms with Crippen LogP contribution in [0.3, 0.4) is 0 Å². The highest BCUT2D eigenvalue weighted by Crippen LogP contribution is 2.08. The maximum atomic E-state index is 10.4. The summed E-state index contributed by atoms with van der Waals surface area (Å²) in [5, 5.41) is 0. The smallest absolute Gasteiger partial charge is 0.268 e. The summed E-state index contributed by atoms with van der Waals surface area (Å²) < 4.78 is 29.2. The maximum absolute atomic E-state index is 10.4. The maximum Gasteiger partial charge on any atom is 0.268 e. The summed E-state index contributed by atoms with van der Waals surface area (Å²) in [4.78, 5) is 0. The van der Waals surface area contributed by atoms with Crippen LogP contribution in [-0.2, 0) is 10.1 Å². The molecule has 0 aromatic carbocycles. The van der Waals surface area contributed by atoms with Crippen LogP contribution in [0.4, 0.5) is 0 Å². The second-order valence-corrected chi connectivity index (χ2v) is 5.63. The first-order chi connectivity index (χ1) is 7.56. The molecular formula is C12H24O3S. The van der Waals surface area contributed by atoms with Gasteiger partial charge >= 0.3 is 0 Å². The topological polar surface area (TPSA) is 54.4 Å². The van der Waals surface area contributed by atoms with E-state index in [1.165, 1.54) is 44.6 Å². The summed E-state index contributed by atoms with van der Waals surface area (Å²) in [6, 6.07) is 0. The molecule has 0 aliphatic rings. The molecule has 4 heteroatoms. The van der Waals surface area contributed by atoms with Gasteiger partial charge in [0.1, 0.15) is 0 Å². The van der Waals surface area contributed by atoms with Crippen LogP contribution in [-0.4, -0.2) is 18.7 Å². The molecule has 3 nitrogen and oxygen atoms in total. The Morgan fingerprint density at radius 3 is 2.06 bits per heavy atom. The van der Waals surface area contributed by atoms with E-state index in [0.29, 0.717) is 0 Å². The van der Waals surface area contributed by atoms with Crippen LogP contribution in [0.1, 0.15) is 58.3 Å². The van der Waals surface area contributed by atoms with Gasteiger partial charge in [-0.05, 0) is 12.8 Å². The van der Waals surface area contributed by atoms with Gasteiger partial charge < -0.3 is 0 Å². The lowest BCUT2D eigenvalue weighted by atomic mass is 10.1. The summed E-state index contributed by atoms with van der Waals surface area (Å²) >= 11 is 0. The van der Waals surface area contributed by atoms with E-state index in [9.17, 15) is 8.42 Å². The lowest BCUT2D eigenvalue weighted by Gasteiger charge is -1.98. The summed E-state index contributed by atoms with van der Waals surface area (Å²) in [6.07, 6.45) is 13.1. The van der Waals surface area contributed by atoms with Crippen molar-refractivity contribution in [3.05, 3.63) is 12.2 Å². The minimum absolute atomic E-state index is 0.260. The molecule has 0 spiro atoms. The Hall–Kier alpha value is -0.350. The highest BCUT2D eigenvalue weighted by Gasteiger charge is 1.97. The fourth-order valence-electron chi connectivity index (χ4n) is 1.53. The molecule has 0 saturated heterocycles. The Labute approximate surface area is 99.7 Å². The molecule has 0 saturated carbocycles. The van der Waals surface area contributed by atoms with Gasteiger partial charge in [0.05, 0.1) is 5.75 Å². The van der Waals surface area contributed by atoms with Crippen LogP contribution in [0.25, 0.3) is 0 Å². The Kier molecular flexibility index (Phi) is 9.63. The summed E-state index contributed by atoms with van der Waals surface area (Å²) in [6.45, 7) is 2.21. The molecule has 0 aromatic heterocycles. The first-order valence-corrected chi connectivity index (χ1v) is 7.77. The number of hydrogen-bond donors (Lipinski definition) is 1. The van der Waals surface area contributed by atoms with Gasteiger partial charge in [0, 0.05) is 0 Å². The molecule has 0 radical (unpaired) electrons. The summed E-state index contributed by atoms with van der Waals surface area (Å²) in [5.41, 5.74) is 0. The third-order valence-electron chi connectivity index (χ3n) is 2.45. The molecule has 0 aromatic rings. The molecule has 0 amide bonds. The van der Waals surface area contributed by atoms with Gasteiger partial charge in [0.15, 0.2) is 0 Å². The van der Waals surface area contributed by atoms with Crippen molar-refractivity contribution in [3.63, 3.8) is 0 Å². The Morgan fingerprint density at radius 1 is 0.938 bits per heavy atom. The summed E-state index contributed by atoms with van der Waals surface area (Å²) in [5.74, 6) is -0.260. The van der Waals surface area contributed by atoms with Crippen LogP contribution in [0.2, 0.25) is 0 Å². The fourth-order valence-corrected chi connectivity index (χ4v) is 1.91. The number of rotatable bonds is 10. The number of unbranched alkanes of at least 4 members (excludes halogenated alkanes) is 7. The van der Waals surface area contributed by atoms with Gasteiger partial charge in [-0.3, -0.25) is 4.55 Å². The fraction of sp³-hybridized carbons (Fsp3) is 0.833. The van der Waals surface area contributed by atoms with Crippen LogP contribution in [0, 0.1) is 0 Å². The monoisotopic (exact) mass is 248 g/mol. The molecule has 16 heavy (non-hydrogen) atoms. The van der Waals surface area contributed by atoms with Gasteiger partial charge in [0.2, 0.25) is 0 Å². The van der Waals surface area contributed by atoms with E-state index >= 15 is 0 Å². The normalized spacial score (nSPS) is 12.4. The number of allylic oxidation sites excluding steroid dienone is 1. The van der Waals surface area contributed by atoms with Gasteiger partial charge in [-0.1, -0.05) is 57.6 Å². The molecule has 1 N–H and O–H groups in total. The first kappa shape index (κ1) is 15.7. The van der Waals surface area contributed by atoms with Gasteiger partial charge in [-0.15, -0.1) is 0 Å². The molecular weight excluding hydrogens is 224 g/mol. The van der Waals surface area contributed by atoms with E-state index < -0.39 is 10.1 Å². The van der Waals surface area contributed by atoms with Crippen molar-refractivity contribution >= 4 is 10.1 Å². The first-order valence-electron chi connectivity index (χ1n) is 6.16. The lowest BCUT2D eigenvalue weighted by Crippen LogP contribution is -1.99. The van der Waals surface area contributed by atoms with E-state index in [-0.39, 0.29) is 5.75 Å². The number of hydrogen-bond acceptors (Lipinski definition) is 2. The summed E-state index contributed by atoms with van der Waals surface area (Å²) in [7, 11) is -3.82. The molecule has 0 aliphatic carbocycles. The Bertz CT molecular complexity index is 268. The predicted molar refractivity (Wildman–Crippen MR) is 68.2 cm³/mol. The molecule has 0 fully saturated rings. The average Bonchev–Trinajstić information content (AvgIpc) is 2.19. The van der Waals surface area contributed by atoms with Crippen LogP contribution in [0.5, 0.6) is 0 Å². The second kappa shape index (κ2) is 9.85. The molecule has 0 heterocycles. The molecule has 0 rings (SSSR count). The zero-order chi connectivity index (χ0) is 12.3. The van der Waals surface area contributed by atoms with Crippen LogP contribution in [0.15, 0.2) is 12.2 Å². The second-order valence-electron chi connectivity index (χ2n) is 4.13. The molecule has 0 bridgehead atoms. The molecule has 0 unspecified atom stereocenters. The van der Waals surface area contributed by atoms with E-state index in [0.717, 1.165) is 12.8 Å². The van der Waals surface area contributed by atoms with E-state index in [2.05, 4.69) is 6.92 Å². The third-order valence-corrected chi connectivity index (χ3v) is 3.06. The minimum atomic E-state index is -3.82. The zero-order valence-corrected chi connectivity index (χ0v) is 11.0. The van der Waals surface area contributed by atoms with Crippen LogP contribution < -0.4 is 0 Å². The molecule has 96 valence electrons. The Balaban J connectivity index is 3.21. The SMILES string of the molecule is CCCCCCCCCC=CCS(=O)(=O)O. The molecule has 0 atom stereocenters. The Morgan fingerprint density at radius 2 is 1.50 bits per heavy atom. The third kappa shape index (κ3) is 13.7. The van der Waals surface area contributed by atoms with E-state index in [4.69, 9.17) is 4.55 Å². The van der Waals surface area contributed by atoms with Crippen molar-refractivity contribution in [1.82, 2.24) is 0 Å². The van der Waals surface area contributed by atoms with E-state index in [1.54, 1.807) is 0 Å². The highest BCUT2D eigenvalue weighted by atomic mass is 32.2. The van der Waals surface area contributed by atoms with Crippen molar-refractivity contribution in [3.8, 4) is 0 Å². The lowest BCUT2D eigenvalue weighted by molar-refractivity contribution is 0.486. The average molecular weight is 248 g/mol.